The van der Waals surface area contributed by atoms with Crippen LogP contribution in [0.2, 0.25) is 0 Å². The first kappa shape index (κ1) is 28.4. The van der Waals surface area contributed by atoms with Crippen molar-refractivity contribution in [3.05, 3.63) is 108 Å². The van der Waals surface area contributed by atoms with Crippen molar-refractivity contribution in [2.75, 3.05) is 12.4 Å². The maximum absolute atomic E-state index is 12.5. The number of unbranched alkanes of at least 4 members (excludes halogenated alkanes) is 1. The van der Waals surface area contributed by atoms with Gasteiger partial charge in [0.15, 0.2) is 0 Å². The number of thioether (sulfide) groups is 1. The Morgan fingerprint density at radius 1 is 0.833 bits per heavy atom. The quantitative estimate of drug-likeness (QED) is 0.0569. The van der Waals surface area contributed by atoms with Crippen LogP contribution < -0.4 is 4.74 Å². The number of ether oxygens (including phenoxy) is 3. The molecule has 2 aromatic rings. The monoisotopic (exact) mass is 506 g/mol. The van der Waals surface area contributed by atoms with Crippen LogP contribution in [0.1, 0.15) is 47.4 Å². The summed E-state index contributed by atoms with van der Waals surface area (Å²) >= 11 is 1.65. The normalized spacial score (nSPS) is 10.5. The number of allylic oxidation sites excluding steroid dienone is 3. The molecule has 0 bridgehead atoms. The van der Waals surface area contributed by atoms with Crippen LogP contribution in [-0.4, -0.2) is 30.3 Å². The molecule has 0 aliphatic carbocycles. The van der Waals surface area contributed by atoms with Crippen LogP contribution in [0, 0.1) is 0 Å². The van der Waals surface area contributed by atoms with Crippen molar-refractivity contribution in [3.8, 4) is 5.75 Å². The van der Waals surface area contributed by atoms with Gasteiger partial charge >= 0.3 is 17.9 Å². The minimum absolute atomic E-state index is 0.198. The predicted molar refractivity (Wildman–Crippen MR) is 142 cm³/mol. The predicted octanol–water partition coefficient (Wildman–Crippen LogP) is 6.70. The van der Waals surface area contributed by atoms with Crippen LogP contribution in [0.25, 0.3) is 0 Å². The zero-order chi connectivity index (χ0) is 26.5. The molecule has 0 saturated carbocycles. The summed E-state index contributed by atoms with van der Waals surface area (Å²) in [4.78, 5) is 37.0. The third-order valence-corrected chi connectivity index (χ3v) is 5.66. The highest BCUT2D eigenvalue weighted by atomic mass is 32.2. The van der Waals surface area contributed by atoms with Crippen LogP contribution in [0.5, 0.6) is 5.75 Å². The zero-order valence-electron chi connectivity index (χ0n) is 20.6. The lowest BCUT2D eigenvalue weighted by Gasteiger charge is -2.07. The number of carbonyl (C=O) groups is 3. The van der Waals surface area contributed by atoms with Gasteiger partial charge in [0.25, 0.3) is 0 Å². The molecule has 0 N–H and O–H groups in total. The smallest absolute Gasteiger partial charge is 0.343 e. The summed E-state index contributed by atoms with van der Waals surface area (Å²) < 4.78 is 15.6. The average Bonchev–Trinajstić information content (AvgIpc) is 2.85. The van der Waals surface area contributed by atoms with Gasteiger partial charge in [-0.15, -0.1) is 11.8 Å². The van der Waals surface area contributed by atoms with E-state index in [1.54, 1.807) is 43.0 Å². The fourth-order valence-electron chi connectivity index (χ4n) is 2.64. The molecule has 0 radical (unpaired) electrons. The van der Waals surface area contributed by atoms with Crippen LogP contribution in [0.3, 0.4) is 0 Å². The van der Waals surface area contributed by atoms with E-state index < -0.39 is 11.9 Å². The Kier molecular flexibility index (Phi) is 11.5. The standard InChI is InChI=1S/C29H30O6S/c1-20(2)8-9-22(5)34-28(31)23-10-14-25(15-11-23)35-29(32)24-12-16-26(17-13-24)36-19-7-6-18-33-27(30)21(3)4/h8-17H,1,3,5-7,18-19H2,2,4H3/b9-8-. The first-order chi connectivity index (χ1) is 17.2. The van der Waals surface area contributed by atoms with Gasteiger partial charge in [-0.2, -0.15) is 0 Å². The Hall–Kier alpha value is -3.84. The van der Waals surface area contributed by atoms with Crippen LogP contribution in [0.15, 0.2) is 102 Å². The topological polar surface area (TPSA) is 78.9 Å². The molecule has 0 amide bonds. The van der Waals surface area contributed by atoms with Gasteiger partial charge in [0.2, 0.25) is 0 Å². The van der Waals surface area contributed by atoms with Crippen molar-refractivity contribution in [3.63, 3.8) is 0 Å². The molecule has 0 aliphatic heterocycles. The molecule has 0 aromatic heterocycles. The van der Waals surface area contributed by atoms with Gasteiger partial charge in [-0.05, 0) is 87.0 Å². The van der Waals surface area contributed by atoms with Crippen molar-refractivity contribution >= 4 is 29.7 Å². The molecule has 2 aromatic carbocycles. The Labute approximate surface area is 216 Å². The van der Waals surface area contributed by atoms with E-state index >= 15 is 0 Å². The Balaban J connectivity index is 1.78. The number of benzene rings is 2. The van der Waals surface area contributed by atoms with E-state index in [0.717, 1.165) is 29.1 Å². The van der Waals surface area contributed by atoms with E-state index in [-0.39, 0.29) is 11.7 Å². The van der Waals surface area contributed by atoms with E-state index in [4.69, 9.17) is 14.2 Å². The van der Waals surface area contributed by atoms with E-state index in [9.17, 15) is 14.4 Å². The van der Waals surface area contributed by atoms with Crippen LogP contribution >= 0.6 is 11.8 Å². The van der Waals surface area contributed by atoms with E-state index in [0.29, 0.717) is 29.1 Å². The molecule has 36 heavy (non-hydrogen) atoms. The number of esters is 3. The molecule has 0 spiro atoms. The highest BCUT2D eigenvalue weighted by Gasteiger charge is 2.12. The maximum atomic E-state index is 12.5. The summed E-state index contributed by atoms with van der Waals surface area (Å²) in [7, 11) is 0. The molecule has 0 atom stereocenters. The minimum atomic E-state index is -0.565. The largest absolute Gasteiger partial charge is 0.462 e. The minimum Gasteiger partial charge on any atom is -0.462 e. The molecule has 6 nitrogen and oxygen atoms in total. The lowest BCUT2D eigenvalue weighted by molar-refractivity contribution is -0.139. The van der Waals surface area contributed by atoms with Gasteiger partial charge in [-0.1, -0.05) is 31.4 Å². The summed E-state index contributed by atoms with van der Waals surface area (Å²) in [5, 5.41) is 0. The van der Waals surface area contributed by atoms with Gasteiger partial charge in [-0.25, -0.2) is 14.4 Å². The van der Waals surface area contributed by atoms with Gasteiger partial charge in [0, 0.05) is 10.5 Å². The molecule has 0 heterocycles. The summed E-state index contributed by atoms with van der Waals surface area (Å²) in [6.45, 7) is 14.8. The summed E-state index contributed by atoms with van der Waals surface area (Å²) in [6, 6.07) is 13.2. The second-order valence-corrected chi connectivity index (χ2v) is 9.11. The van der Waals surface area contributed by atoms with Crippen molar-refractivity contribution in [1.82, 2.24) is 0 Å². The van der Waals surface area contributed by atoms with E-state index in [1.165, 1.54) is 24.3 Å². The van der Waals surface area contributed by atoms with Crippen molar-refractivity contribution < 1.29 is 28.6 Å². The number of carbonyl (C=O) groups excluding carboxylic acids is 3. The Morgan fingerprint density at radius 2 is 1.44 bits per heavy atom. The molecule has 0 aliphatic rings. The SMILES string of the molecule is C=C(C)/C=C\C(=C)OC(=O)c1ccc(OC(=O)c2ccc(SCCCCOC(=O)C(=C)C)cc2)cc1. The van der Waals surface area contributed by atoms with Gasteiger partial charge in [-0.3, -0.25) is 0 Å². The van der Waals surface area contributed by atoms with Gasteiger partial charge in [0.05, 0.1) is 17.7 Å². The second kappa shape index (κ2) is 14.5. The lowest BCUT2D eigenvalue weighted by atomic mass is 10.2. The molecule has 0 unspecified atom stereocenters. The zero-order valence-corrected chi connectivity index (χ0v) is 21.4. The molecule has 0 saturated heterocycles. The highest BCUT2D eigenvalue weighted by Crippen LogP contribution is 2.21. The number of hydrogen-bond donors (Lipinski definition) is 0. The van der Waals surface area contributed by atoms with Crippen molar-refractivity contribution in [2.45, 2.75) is 31.6 Å². The molecule has 2 rings (SSSR count). The average molecular weight is 507 g/mol. The highest BCUT2D eigenvalue weighted by molar-refractivity contribution is 7.99. The summed E-state index contributed by atoms with van der Waals surface area (Å²) in [5.41, 5.74) is 1.92. The van der Waals surface area contributed by atoms with Crippen LogP contribution in [0.4, 0.5) is 0 Å². The Bertz CT molecular complexity index is 1140. The first-order valence-corrected chi connectivity index (χ1v) is 12.3. The second-order valence-electron chi connectivity index (χ2n) is 7.95. The summed E-state index contributed by atoms with van der Waals surface area (Å²) in [6.07, 6.45) is 4.91. The fraction of sp³-hybridized carbons (Fsp3) is 0.207. The van der Waals surface area contributed by atoms with Gasteiger partial charge < -0.3 is 14.2 Å². The molecular weight excluding hydrogens is 476 g/mol. The first-order valence-electron chi connectivity index (χ1n) is 11.3. The summed E-state index contributed by atoms with van der Waals surface area (Å²) in [5.74, 6) is -0.0597. The fourth-order valence-corrected chi connectivity index (χ4v) is 3.55. The number of hydrogen-bond acceptors (Lipinski definition) is 7. The molecule has 0 fully saturated rings. The molecular formula is C29H30O6S. The third-order valence-electron chi connectivity index (χ3n) is 4.56. The van der Waals surface area contributed by atoms with Crippen molar-refractivity contribution in [1.29, 1.82) is 0 Å². The van der Waals surface area contributed by atoms with E-state index in [2.05, 4.69) is 19.7 Å². The van der Waals surface area contributed by atoms with E-state index in [1.807, 2.05) is 19.1 Å². The Morgan fingerprint density at radius 3 is 2.06 bits per heavy atom. The van der Waals surface area contributed by atoms with Crippen LogP contribution in [-0.2, 0) is 14.3 Å². The number of rotatable bonds is 13. The molecule has 7 heteroatoms. The third kappa shape index (κ3) is 10.2. The lowest BCUT2D eigenvalue weighted by Crippen LogP contribution is -2.09. The molecule has 188 valence electrons. The van der Waals surface area contributed by atoms with Crippen molar-refractivity contribution in [2.24, 2.45) is 0 Å². The maximum Gasteiger partial charge on any atom is 0.343 e. The van der Waals surface area contributed by atoms with Gasteiger partial charge in [0.1, 0.15) is 11.5 Å².